The molecule has 2 N–H and O–H groups in total. The van der Waals surface area contributed by atoms with Gasteiger partial charge in [0.15, 0.2) is 17.3 Å². The van der Waals surface area contributed by atoms with Gasteiger partial charge in [-0.15, -0.1) is 0 Å². The Kier molecular flexibility index (Phi) is 5.48. The molecule has 1 fully saturated rings. The topological polar surface area (TPSA) is 79.9 Å². The Hall–Kier alpha value is -3.29. The monoisotopic (exact) mass is 413 g/mol. The largest absolute Gasteiger partial charge is 0.493 e. The first-order chi connectivity index (χ1) is 14.5. The van der Waals surface area contributed by atoms with Gasteiger partial charge in [-0.1, -0.05) is 12.1 Å². The Bertz CT molecular complexity index is 989. The molecule has 1 saturated heterocycles. The number of carbonyl (C=O) groups is 2. The number of amides is 2. The van der Waals surface area contributed by atoms with Crippen LogP contribution in [-0.2, 0) is 11.3 Å². The van der Waals surface area contributed by atoms with Crippen LogP contribution in [0.2, 0.25) is 0 Å². The van der Waals surface area contributed by atoms with Gasteiger partial charge < -0.3 is 25.0 Å². The lowest BCUT2D eigenvalue weighted by Gasteiger charge is -2.26. The highest BCUT2D eigenvalue weighted by molar-refractivity contribution is 5.99. The number of likely N-dealkylation sites (tertiary alicyclic amines) is 1. The third-order valence-electron chi connectivity index (χ3n) is 5.60. The second-order valence-corrected chi connectivity index (χ2v) is 7.37. The number of hydrogen-bond acceptors (Lipinski definition) is 5. The van der Waals surface area contributed by atoms with Gasteiger partial charge in [-0.3, -0.25) is 9.59 Å². The van der Waals surface area contributed by atoms with Crippen molar-refractivity contribution in [2.24, 2.45) is 0 Å². The molecule has 2 aromatic carbocycles. The number of anilines is 1. The fourth-order valence-electron chi connectivity index (χ4n) is 3.98. The third-order valence-corrected chi connectivity index (χ3v) is 5.60. The van der Waals surface area contributed by atoms with E-state index >= 15 is 4.39 Å². The molecule has 2 aliphatic heterocycles. The molecule has 2 aliphatic rings. The van der Waals surface area contributed by atoms with Crippen LogP contribution in [0, 0.1) is 5.82 Å². The second kappa shape index (κ2) is 8.22. The van der Waals surface area contributed by atoms with E-state index in [0.29, 0.717) is 42.3 Å². The number of hydrogen-bond donors (Lipinski definition) is 2. The molecular weight excluding hydrogens is 389 g/mol. The number of rotatable bonds is 6. The Morgan fingerprint density at radius 1 is 1.13 bits per heavy atom. The summed E-state index contributed by atoms with van der Waals surface area (Å²) in [6, 6.07) is 7.62. The van der Waals surface area contributed by atoms with E-state index in [2.05, 4.69) is 10.6 Å². The van der Waals surface area contributed by atoms with Crippen molar-refractivity contribution >= 4 is 17.5 Å². The zero-order chi connectivity index (χ0) is 21.3. The van der Waals surface area contributed by atoms with E-state index < -0.39 is 17.8 Å². The Morgan fingerprint density at radius 3 is 2.57 bits per heavy atom. The molecule has 4 rings (SSSR count). The number of fused-ring (bicyclic) bond motifs is 1. The maximum atomic E-state index is 15.1. The lowest BCUT2D eigenvalue weighted by molar-refractivity contribution is -0.131. The fourth-order valence-corrected chi connectivity index (χ4v) is 3.98. The van der Waals surface area contributed by atoms with Crippen LogP contribution in [-0.4, -0.2) is 44.0 Å². The average Bonchev–Trinajstić information content (AvgIpc) is 3.43. The van der Waals surface area contributed by atoms with E-state index in [9.17, 15) is 9.59 Å². The maximum absolute atomic E-state index is 15.1. The SMILES string of the molecule is COc1ccc(C(Nc2ccc3c(c2F)C(=O)NC3)C(=O)N2CCCC2)cc1OC. The molecule has 8 heteroatoms. The van der Waals surface area contributed by atoms with Gasteiger partial charge in [0, 0.05) is 19.6 Å². The summed E-state index contributed by atoms with van der Waals surface area (Å²) in [7, 11) is 3.05. The minimum absolute atomic E-state index is 0.0275. The van der Waals surface area contributed by atoms with Crippen molar-refractivity contribution in [1.82, 2.24) is 10.2 Å². The summed E-state index contributed by atoms with van der Waals surface area (Å²) in [5, 5.41) is 5.66. The molecule has 0 aromatic heterocycles. The van der Waals surface area contributed by atoms with Crippen LogP contribution in [0.3, 0.4) is 0 Å². The summed E-state index contributed by atoms with van der Waals surface area (Å²) in [6.45, 7) is 1.63. The predicted octanol–water partition coefficient (Wildman–Crippen LogP) is 2.86. The summed E-state index contributed by atoms with van der Waals surface area (Å²) < 4.78 is 25.8. The van der Waals surface area contributed by atoms with Gasteiger partial charge in [0.05, 0.1) is 25.5 Å². The van der Waals surface area contributed by atoms with Crippen LogP contribution in [0.15, 0.2) is 30.3 Å². The lowest BCUT2D eigenvalue weighted by atomic mass is 10.0. The van der Waals surface area contributed by atoms with Crippen molar-refractivity contribution in [3.05, 3.63) is 52.8 Å². The molecule has 0 radical (unpaired) electrons. The number of carbonyl (C=O) groups excluding carboxylic acids is 2. The molecule has 30 heavy (non-hydrogen) atoms. The van der Waals surface area contributed by atoms with E-state index in [1.807, 2.05) is 0 Å². The molecule has 1 atom stereocenters. The van der Waals surface area contributed by atoms with Crippen molar-refractivity contribution in [1.29, 1.82) is 0 Å². The highest BCUT2D eigenvalue weighted by Crippen LogP contribution is 2.34. The molecule has 158 valence electrons. The Morgan fingerprint density at radius 2 is 1.87 bits per heavy atom. The van der Waals surface area contributed by atoms with E-state index in [-0.39, 0.29) is 17.2 Å². The maximum Gasteiger partial charge on any atom is 0.254 e. The summed E-state index contributed by atoms with van der Waals surface area (Å²) in [5.41, 5.74) is 1.36. The number of halogens is 1. The summed E-state index contributed by atoms with van der Waals surface area (Å²) in [4.78, 5) is 27.1. The molecule has 2 aromatic rings. The highest BCUT2D eigenvalue weighted by Gasteiger charge is 2.31. The Balaban J connectivity index is 1.73. The van der Waals surface area contributed by atoms with Gasteiger partial charge in [-0.05, 0) is 42.2 Å². The minimum atomic E-state index is -0.833. The van der Waals surface area contributed by atoms with Crippen LogP contribution in [0.1, 0.15) is 40.4 Å². The molecule has 0 saturated carbocycles. The van der Waals surface area contributed by atoms with Gasteiger partial charge in [-0.2, -0.15) is 0 Å². The van der Waals surface area contributed by atoms with Gasteiger partial charge >= 0.3 is 0 Å². The molecule has 2 amide bonds. The number of benzene rings is 2. The van der Waals surface area contributed by atoms with E-state index in [0.717, 1.165) is 12.8 Å². The first-order valence-corrected chi connectivity index (χ1v) is 9.90. The molecular formula is C22H24FN3O4. The van der Waals surface area contributed by atoms with Crippen molar-refractivity contribution in [2.45, 2.75) is 25.4 Å². The van der Waals surface area contributed by atoms with Crippen molar-refractivity contribution in [3.8, 4) is 11.5 Å². The van der Waals surface area contributed by atoms with Crippen LogP contribution < -0.4 is 20.1 Å². The molecule has 1 unspecified atom stereocenters. The molecule has 2 heterocycles. The Labute approximate surface area is 174 Å². The molecule has 0 bridgehead atoms. The summed E-state index contributed by atoms with van der Waals surface area (Å²) >= 11 is 0. The van der Waals surface area contributed by atoms with Crippen molar-refractivity contribution in [2.75, 3.05) is 32.6 Å². The number of ether oxygens (including phenoxy) is 2. The zero-order valence-electron chi connectivity index (χ0n) is 17.0. The van der Waals surface area contributed by atoms with Gasteiger partial charge in [-0.25, -0.2) is 4.39 Å². The van der Waals surface area contributed by atoms with Gasteiger partial charge in [0.2, 0.25) is 5.91 Å². The predicted molar refractivity (Wildman–Crippen MR) is 109 cm³/mol. The first-order valence-electron chi connectivity index (χ1n) is 9.90. The van der Waals surface area contributed by atoms with Crippen LogP contribution in [0.4, 0.5) is 10.1 Å². The van der Waals surface area contributed by atoms with Crippen molar-refractivity contribution in [3.63, 3.8) is 0 Å². The average molecular weight is 413 g/mol. The first kappa shape index (κ1) is 20.0. The number of nitrogens with one attached hydrogen (secondary N) is 2. The second-order valence-electron chi connectivity index (χ2n) is 7.37. The van der Waals surface area contributed by atoms with Crippen LogP contribution >= 0.6 is 0 Å². The van der Waals surface area contributed by atoms with Gasteiger partial charge in [0.25, 0.3) is 5.91 Å². The normalized spacial score (nSPS) is 16.1. The van der Waals surface area contributed by atoms with Crippen molar-refractivity contribution < 1.29 is 23.5 Å². The van der Waals surface area contributed by atoms with E-state index in [1.165, 1.54) is 14.2 Å². The number of methoxy groups -OCH3 is 2. The quantitative estimate of drug-likeness (QED) is 0.761. The third kappa shape index (κ3) is 3.53. The van der Waals surface area contributed by atoms with Crippen LogP contribution in [0.5, 0.6) is 11.5 Å². The molecule has 0 spiro atoms. The highest BCUT2D eigenvalue weighted by atomic mass is 19.1. The van der Waals surface area contributed by atoms with E-state index in [4.69, 9.17) is 9.47 Å². The smallest absolute Gasteiger partial charge is 0.254 e. The zero-order valence-corrected chi connectivity index (χ0v) is 17.0. The number of nitrogens with zero attached hydrogens (tertiary/aromatic N) is 1. The van der Waals surface area contributed by atoms with E-state index in [1.54, 1.807) is 35.2 Å². The lowest BCUT2D eigenvalue weighted by Crippen LogP contribution is -2.36. The summed E-state index contributed by atoms with van der Waals surface area (Å²) in [5.74, 6) is -0.232. The summed E-state index contributed by atoms with van der Waals surface area (Å²) in [6.07, 6.45) is 1.88. The fraction of sp³-hybridized carbons (Fsp3) is 0.364. The molecule has 0 aliphatic carbocycles. The standard InChI is InChI=1S/C22H24FN3O4/c1-29-16-8-6-13(11-17(16)30-2)20(22(28)26-9-3-4-10-26)25-15-7-5-14-12-24-21(27)18(14)19(15)23/h5-8,11,20,25H,3-4,9-10,12H2,1-2H3,(H,24,27). The minimum Gasteiger partial charge on any atom is -0.493 e. The molecule has 7 nitrogen and oxygen atoms in total. The van der Waals surface area contributed by atoms with Gasteiger partial charge in [0.1, 0.15) is 6.04 Å². The van der Waals surface area contributed by atoms with Crippen LogP contribution in [0.25, 0.3) is 0 Å².